The van der Waals surface area contributed by atoms with E-state index in [0.29, 0.717) is 17.3 Å². The Morgan fingerprint density at radius 2 is 2.00 bits per heavy atom. The van der Waals surface area contributed by atoms with Gasteiger partial charge in [-0.25, -0.2) is 0 Å². The minimum absolute atomic E-state index is 0.0592. The number of nitrogen functional groups attached to an aromatic ring is 1. The molecule has 0 fully saturated rings. The zero-order valence-electron chi connectivity index (χ0n) is 10.9. The molecule has 0 spiro atoms. The van der Waals surface area contributed by atoms with Crippen LogP contribution >= 0.6 is 0 Å². The first-order valence-corrected chi connectivity index (χ1v) is 6.05. The normalized spacial score (nSPS) is 10.9. The molecule has 1 heterocycles. The minimum atomic E-state index is -0.426. The highest BCUT2D eigenvalue weighted by molar-refractivity contribution is 5.72. The minimum Gasteiger partial charge on any atom is -0.396 e. The first-order valence-electron chi connectivity index (χ1n) is 6.05. The van der Waals surface area contributed by atoms with Crippen molar-refractivity contribution in [3.8, 4) is 11.3 Å². The standard InChI is InChI=1S/C13H16N4O2/c1-9(2)7-16-8-12(14)13(15-16)10-3-5-11(6-4-10)17(18)19/h3-6,8-9H,7,14H2,1-2H3. The van der Waals surface area contributed by atoms with Gasteiger partial charge in [0.1, 0.15) is 5.69 Å². The van der Waals surface area contributed by atoms with Gasteiger partial charge in [0.05, 0.1) is 10.6 Å². The predicted molar refractivity (Wildman–Crippen MR) is 73.6 cm³/mol. The van der Waals surface area contributed by atoms with Crippen LogP contribution in [-0.4, -0.2) is 14.7 Å². The van der Waals surface area contributed by atoms with Gasteiger partial charge in [-0.05, 0) is 18.1 Å². The molecule has 0 aliphatic carbocycles. The number of aromatic nitrogens is 2. The average molecular weight is 260 g/mol. The highest BCUT2D eigenvalue weighted by atomic mass is 16.6. The molecule has 0 aliphatic heterocycles. The fourth-order valence-electron chi connectivity index (χ4n) is 1.87. The lowest BCUT2D eigenvalue weighted by atomic mass is 10.1. The number of non-ortho nitro benzene ring substituents is 1. The summed E-state index contributed by atoms with van der Waals surface area (Å²) in [5.74, 6) is 0.476. The second kappa shape index (κ2) is 5.09. The van der Waals surface area contributed by atoms with Crippen molar-refractivity contribution >= 4 is 11.4 Å². The molecule has 0 aliphatic rings. The number of nitro groups is 1. The van der Waals surface area contributed by atoms with Crippen molar-refractivity contribution in [2.24, 2.45) is 5.92 Å². The second-order valence-corrected chi connectivity index (χ2v) is 4.85. The number of anilines is 1. The highest BCUT2D eigenvalue weighted by Gasteiger charge is 2.11. The molecule has 0 saturated heterocycles. The Kier molecular flexibility index (Phi) is 3.50. The van der Waals surface area contributed by atoms with Gasteiger partial charge in [-0.15, -0.1) is 0 Å². The molecule has 2 N–H and O–H groups in total. The number of hydrogen-bond donors (Lipinski definition) is 1. The maximum Gasteiger partial charge on any atom is 0.269 e. The number of hydrogen-bond acceptors (Lipinski definition) is 4. The number of nitrogens with zero attached hydrogens (tertiary/aromatic N) is 3. The lowest BCUT2D eigenvalue weighted by molar-refractivity contribution is -0.384. The monoisotopic (exact) mass is 260 g/mol. The summed E-state index contributed by atoms with van der Waals surface area (Å²) >= 11 is 0. The summed E-state index contributed by atoms with van der Waals surface area (Å²) in [7, 11) is 0. The smallest absolute Gasteiger partial charge is 0.269 e. The van der Waals surface area contributed by atoms with Gasteiger partial charge in [-0.2, -0.15) is 5.10 Å². The Labute approximate surface area is 111 Å². The van der Waals surface area contributed by atoms with Crippen LogP contribution in [0.3, 0.4) is 0 Å². The summed E-state index contributed by atoms with van der Waals surface area (Å²) in [6.45, 7) is 4.99. The molecule has 100 valence electrons. The predicted octanol–water partition coefficient (Wildman–Crippen LogP) is 2.70. The molecule has 6 nitrogen and oxygen atoms in total. The van der Waals surface area contributed by atoms with Crippen LogP contribution in [0.1, 0.15) is 13.8 Å². The van der Waals surface area contributed by atoms with Gasteiger partial charge in [0.25, 0.3) is 5.69 Å². The Bertz CT molecular complexity index is 587. The SMILES string of the molecule is CC(C)Cn1cc(N)c(-c2ccc([N+](=O)[O-])cc2)n1. The lowest BCUT2D eigenvalue weighted by Gasteiger charge is -2.03. The van der Waals surface area contributed by atoms with Crippen LogP contribution in [0.4, 0.5) is 11.4 Å². The van der Waals surface area contributed by atoms with Crippen LogP contribution in [0.25, 0.3) is 11.3 Å². The van der Waals surface area contributed by atoms with Crippen LogP contribution in [0, 0.1) is 16.0 Å². The summed E-state index contributed by atoms with van der Waals surface area (Å²) in [5.41, 5.74) is 8.01. The maximum absolute atomic E-state index is 10.6. The lowest BCUT2D eigenvalue weighted by Crippen LogP contribution is -2.04. The summed E-state index contributed by atoms with van der Waals surface area (Å²) in [4.78, 5) is 10.2. The van der Waals surface area contributed by atoms with Crippen LogP contribution < -0.4 is 5.73 Å². The number of nitrogens with two attached hydrogens (primary N) is 1. The fraction of sp³-hybridized carbons (Fsp3) is 0.308. The van der Waals surface area contributed by atoms with Crippen molar-refractivity contribution in [1.29, 1.82) is 0 Å². The highest BCUT2D eigenvalue weighted by Crippen LogP contribution is 2.26. The Balaban J connectivity index is 2.30. The summed E-state index contributed by atoms with van der Waals surface area (Å²) in [6, 6.07) is 6.24. The zero-order chi connectivity index (χ0) is 14.0. The van der Waals surface area contributed by atoms with E-state index in [0.717, 1.165) is 12.1 Å². The Hall–Kier alpha value is -2.37. The molecule has 0 bridgehead atoms. The van der Waals surface area contributed by atoms with E-state index in [2.05, 4.69) is 18.9 Å². The van der Waals surface area contributed by atoms with E-state index in [1.54, 1.807) is 23.0 Å². The van der Waals surface area contributed by atoms with E-state index in [-0.39, 0.29) is 5.69 Å². The average Bonchev–Trinajstić information content (AvgIpc) is 2.69. The number of nitro benzene ring substituents is 1. The zero-order valence-corrected chi connectivity index (χ0v) is 10.9. The van der Waals surface area contributed by atoms with Gasteiger partial charge in [0, 0.05) is 30.4 Å². The van der Waals surface area contributed by atoms with E-state index in [1.807, 2.05) is 0 Å². The molecule has 1 aromatic heterocycles. The largest absolute Gasteiger partial charge is 0.396 e. The molecular weight excluding hydrogens is 244 g/mol. The third kappa shape index (κ3) is 2.90. The molecule has 0 amide bonds. The van der Waals surface area contributed by atoms with Gasteiger partial charge in [-0.3, -0.25) is 14.8 Å². The van der Waals surface area contributed by atoms with E-state index >= 15 is 0 Å². The van der Waals surface area contributed by atoms with Crippen molar-refractivity contribution in [2.45, 2.75) is 20.4 Å². The first-order chi connectivity index (χ1) is 8.97. The molecule has 19 heavy (non-hydrogen) atoms. The van der Waals surface area contributed by atoms with Gasteiger partial charge in [0.2, 0.25) is 0 Å². The fourth-order valence-corrected chi connectivity index (χ4v) is 1.87. The van der Waals surface area contributed by atoms with E-state index in [9.17, 15) is 10.1 Å². The molecule has 0 atom stereocenters. The third-order valence-electron chi connectivity index (χ3n) is 2.69. The molecule has 0 radical (unpaired) electrons. The second-order valence-electron chi connectivity index (χ2n) is 4.85. The summed E-state index contributed by atoms with van der Waals surface area (Å²) in [5, 5.41) is 15.0. The molecular formula is C13H16N4O2. The topological polar surface area (TPSA) is 87.0 Å². The van der Waals surface area contributed by atoms with Crippen molar-refractivity contribution in [2.75, 3.05) is 5.73 Å². The van der Waals surface area contributed by atoms with E-state index in [4.69, 9.17) is 5.73 Å². The molecule has 0 unspecified atom stereocenters. The van der Waals surface area contributed by atoms with Crippen LogP contribution in [0.2, 0.25) is 0 Å². The van der Waals surface area contributed by atoms with Gasteiger partial charge < -0.3 is 5.73 Å². The Morgan fingerprint density at radius 1 is 1.37 bits per heavy atom. The Morgan fingerprint density at radius 3 is 2.53 bits per heavy atom. The number of benzene rings is 1. The maximum atomic E-state index is 10.6. The van der Waals surface area contributed by atoms with Crippen molar-refractivity contribution < 1.29 is 4.92 Å². The van der Waals surface area contributed by atoms with E-state index in [1.165, 1.54) is 12.1 Å². The van der Waals surface area contributed by atoms with Crippen LogP contribution in [0.5, 0.6) is 0 Å². The van der Waals surface area contributed by atoms with Crippen molar-refractivity contribution in [1.82, 2.24) is 9.78 Å². The van der Waals surface area contributed by atoms with Gasteiger partial charge >= 0.3 is 0 Å². The van der Waals surface area contributed by atoms with Crippen molar-refractivity contribution in [3.63, 3.8) is 0 Å². The van der Waals surface area contributed by atoms with E-state index < -0.39 is 4.92 Å². The van der Waals surface area contributed by atoms with Gasteiger partial charge in [-0.1, -0.05) is 13.8 Å². The molecule has 1 aromatic carbocycles. The molecule has 2 rings (SSSR count). The summed E-state index contributed by atoms with van der Waals surface area (Å²) < 4.78 is 1.80. The molecule has 2 aromatic rings. The summed E-state index contributed by atoms with van der Waals surface area (Å²) in [6.07, 6.45) is 1.79. The molecule has 0 saturated carbocycles. The van der Waals surface area contributed by atoms with Crippen LogP contribution in [0.15, 0.2) is 30.5 Å². The third-order valence-corrected chi connectivity index (χ3v) is 2.69. The molecule has 6 heteroatoms. The number of rotatable bonds is 4. The van der Waals surface area contributed by atoms with Crippen molar-refractivity contribution in [3.05, 3.63) is 40.6 Å². The van der Waals surface area contributed by atoms with Gasteiger partial charge in [0.15, 0.2) is 0 Å². The van der Waals surface area contributed by atoms with Crippen LogP contribution in [-0.2, 0) is 6.54 Å². The quantitative estimate of drug-likeness (QED) is 0.676. The first kappa shape index (κ1) is 13.1.